The molecule has 0 bridgehead atoms. The summed E-state index contributed by atoms with van der Waals surface area (Å²) in [6, 6.07) is 4.91. The van der Waals surface area contributed by atoms with Gasteiger partial charge in [0.15, 0.2) is 11.5 Å². The third kappa shape index (κ3) is 3.44. The van der Waals surface area contributed by atoms with Gasteiger partial charge in [-0.1, -0.05) is 13.0 Å². The van der Waals surface area contributed by atoms with E-state index in [1.165, 1.54) is 6.07 Å². The van der Waals surface area contributed by atoms with Crippen molar-refractivity contribution >= 4 is 12.4 Å². The van der Waals surface area contributed by atoms with Gasteiger partial charge in [-0.05, 0) is 30.5 Å². The number of phenols is 2. The van der Waals surface area contributed by atoms with Gasteiger partial charge in [-0.2, -0.15) is 0 Å². The van der Waals surface area contributed by atoms with Gasteiger partial charge in [0.2, 0.25) is 0 Å². The van der Waals surface area contributed by atoms with E-state index in [9.17, 15) is 5.11 Å². The molecule has 0 saturated carbocycles. The van der Waals surface area contributed by atoms with E-state index in [1.807, 2.05) is 6.92 Å². The molecule has 0 radical (unpaired) electrons. The summed E-state index contributed by atoms with van der Waals surface area (Å²) < 4.78 is 0. The lowest BCUT2D eigenvalue weighted by Gasteiger charge is -2.08. The number of phenolic OH excluding ortho intramolecular Hbond substituents is 2. The Balaban J connectivity index is 0.00000169. The molecule has 4 heteroatoms. The normalized spacial score (nSPS) is 11.9. The standard InChI is InChI=1S/C10H15NO2.ClH/c1-2-8(11)5-7-3-4-9(12)10(13)6-7;/h3-4,6,8,12-13H,2,5,11H2,1H3;1H. The quantitative estimate of drug-likeness (QED) is 0.677. The van der Waals surface area contributed by atoms with Crippen molar-refractivity contribution in [2.75, 3.05) is 0 Å². The first-order chi connectivity index (χ1) is 6.13. The summed E-state index contributed by atoms with van der Waals surface area (Å²) in [6.45, 7) is 2.02. The number of hydrogen-bond donors (Lipinski definition) is 3. The Labute approximate surface area is 90.0 Å². The van der Waals surface area contributed by atoms with Crippen LogP contribution in [0.5, 0.6) is 11.5 Å². The van der Waals surface area contributed by atoms with E-state index in [-0.39, 0.29) is 29.9 Å². The Bertz CT molecular complexity index is 291. The van der Waals surface area contributed by atoms with Gasteiger partial charge in [-0.25, -0.2) is 0 Å². The molecular weight excluding hydrogens is 202 g/mol. The van der Waals surface area contributed by atoms with Crippen LogP contribution in [0.4, 0.5) is 0 Å². The molecule has 0 heterocycles. The van der Waals surface area contributed by atoms with Crippen LogP contribution in [-0.2, 0) is 6.42 Å². The number of benzene rings is 1. The van der Waals surface area contributed by atoms with Gasteiger partial charge >= 0.3 is 0 Å². The predicted molar refractivity (Wildman–Crippen MR) is 59.0 cm³/mol. The van der Waals surface area contributed by atoms with Crippen molar-refractivity contribution in [2.45, 2.75) is 25.8 Å². The van der Waals surface area contributed by atoms with Crippen LogP contribution in [0.15, 0.2) is 18.2 Å². The fourth-order valence-electron chi connectivity index (χ4n) is 1.14. The summed E-state index contributed by atoms with van der Waals surface area (Å²) in [4.78, 5) is 0. The van der Waals surface area contributed by atoms with Gasteiger partial charge in [-0.15, -0.1) is 12.4 Å². The highest BCUT2D eigenvalue weighted by Crippen LogP contribution is 2.25. The van der Waals surface area contributed by atoms with Crippen molar-refractivity contribution in [1.82, 2.24) is 0 Å². The van der Waals surface area contributed by atoms with Gasteiger partial charge in [0.25, 0.3) is 0 Å². The maximum Gasteiger partial charge on any atom is 0.157 e. The second-order valence-corrected chi connectivity index (χ2v) is 3.20. The molecule has 0 amide bonds. The predicted octanol–water partition coefficient (Wildman–Crippen LogP) is 1.80. The highest BCUT2D eigenvalue weighted by molar-refractivity contribution is 5.85. The number of nitrogens with two attached hydrogens (primary N) is 1. The van der Waals surface area contributed by atoms with E-state index in [0.29, 0.717) is 0 Å². The Kier molecular flexibility index (Phi) is 5.35. The molecular formula is C10H16ClNO2. The van der Waals surface area contributed by atoms with Crippen LogP contribution >= 0.6 is 12.4 Å². The van der Waals surface area contributed by atoms with Gasteiger partial charge in [0.05, 0.1) is 0 Å². The first kappa shape index (κ1) is 13.1. The Morgan fingerprint density at radius 3 is 2.43 bits per heavy atom. The summed E-state index contributed by atoms with van der Waals surface area (Å²) in [5.74, 6) is -0.172. The molecule has 14 heavy (non-hydrogen) atoms. The third-order valence-electron chi connectivity index (χ3n) is 2.06. The Morgan fingerprint density at radius 1 is 1.29 bits per heavy atom. The molecule has 80 valence electrons. The van der Waals surface area contributed by atoms with Crippen molar-refractivity contribution in [3.63, 3.8) is 0 Å². The van der Waals surface area contributed by atoms with Crippen LogP contribution in [0.3, 0.4) is 0 Å². The number of rotatable bonds is 3. The van der Waals surface area contributed by atoms with E-state index in [2.05, 4.69) is 0 Å². The van der Waals surface area contributed by atoms with Crippen molar-refractivity contribution in [1.29, 1.82) is 0 Å². The molecule has 0 aliphatic rings. The zero-order valence-electron chi connectivity index (χ0n) is 8.10. The minimum Gasteiger partial charge on any atom is -0.504 e. The second-order valence-electron chi connectivity index (χ2n) is 3.20. The fraction of sp³-hybridized carbons (Fsp3) is 0.400. The molecule has 1 aromatic carbocycles. The van der Waals surface area contributed by atoms with Crippen molar-refractivity contribution in [2.24, 2.45) is 5.73 Å². The van der Waals surface area contributed by atoms with Crippen molar-refractivity contribution in [3.8, 4) is 11.5 Å². The lowest BCUT2D eigenvalue weighted by atomic mass is 10.0. The highest BCUT2D eigenvalue weighted by Gasteiger charge is 2.04. The summed E-state index contributed by atoms with van der Waals surface area (Å²) in [6.07, 6.45) is 1.63. The fourth-order valence-corrected chi connectivity index (χ4v) is 1.14. The maximum atomic E-state index is 9.19. The summed E-state index contributed by atoms with van der Waals surface area (Å²) in [7, 11) is 0. The van der Waals surface area contributed by atoms with Crippen molar-refractivity contribution in [3.05, 3.63) is 23.8 Å². The van der Waals surface area contributed by atoms with E-state index < -0.39 is 0 Å². The molecule has 3 nitrogen and oxygen atoms in total. The van der Waals surface area contributed by atoms with Gasteiger partial charge in [0.1, 0.15) is 0 Å². The second kappa shape index (κ2) is 5.73. The van der Waals surface area contributed by atoms with Crippen LogP contribution in [0.1, 0.15) is 18.9 Å². The lowest BCUT2D eigenvalue weighted by molar-refractivity contribution is 0.403. The summed E-state index contributed by atoms with van der Waals surface area (Å²) >= 11 is 0. The average molecular weight is 218 g/mol. The lowest BCUT2D eigenvalue weighted by Crippen LogP contribution is -2.21. The number of hydrogen-bond acceptors (Lipinski definition) is 3. The van der Waals surface area contributed by atoms with Crippen LogP contribution in [0, 0.1) is 0 Å². The molecule has 0 aliphatic carbocycles. The summed E-state index contributed by atoms with van der Waals surface area (Å²) in [5.41, 5.74) is 6.70. The molecule has 1 atom stereocenters. The molecule has 0 fully saturated rings. The molecule has 4 N–H and O–H groups in total. The molecule has 1 unspecified atom stereocenters. The van der Waals surface area contributed by atoms with Crippen molar-refractivity contribution < 1.29 is 10.2 Å². The van der Waals surface area contributed by atoms with E-state index in [4.69, 9.17) is 10.8 Å². The van der Waals surface area contributed by atoms with E-state index in [1.54, 1.807) is 12.1 Å². The number of aromatic hydroxyl groups is 2. The highest BCUT2D eigenvalue weighted by atomic mass is 35.5. The Morgan fingerprint density at radius 2 is 1.93 bits per heavy atom. The van der Waals surface area contributed by atoms with Gasteiger partial charge < -0.3 is 15.9 Å². The smallest absolute Gasteiger partial charge is 0.157 e. The zero-order valence-corrected chi connectivity index (χ0v) is 8.92. The molecule has 1 aromatic rings. The van der Waals surface area contributed by atoms with Crippen LogP contribution < -0.4 is 5.73 Å². The minimum absolute atomic E-state index is 0. The van der Waals surface area contributed by atoms with Crippen LogP contribution in [0.25, 0.3) is 0 Å². The molecule has 1 rings (SSSR count). The maximum absolute atomic E-state index is 9.19. The van der Waals surface area contributed by atoms with Gasteiger partial charge in [-0.3, -0.25) is 0 Å². The first-order valence-electron chi connectivity index (χ1n) is 4.40. The Hall–Kier alpha value is -0.930. The largest absolute Gasteiger partial charge is 0.504 e. The van der Waals surface area contributed by atoms with Crippen LogP contribution in [0.2, 0.25) is 0 Å². The molecule has 0 spiro atoms. The van der Waals surface area contributed by atoms with Gasteiger partial charge in [0, 0.05) is 6.04 Å². The number of halogens is 1. The van der Waals surface area contributed by atoms with Crippen LogP contribution in [-0.4, -0.2) is 16.3 Å². The van der Waals surface area contributed by atoms with E-state index >= 15 is 0 Å². The average Bonchev–Trinajstić information content (AvgIpc) is 2.11. The summed E-state index contributed by atoms with van der Waals surface area (Å²) in [5, 5.41) is 18.2. The topological polar surface area (TPSA) is 66.5 Å². The zero-order chi connectivity index (χ0) is 9.84. The first-order valence-corrected chi connectivity index (χ1v) is 4.40. The molecule has 0 aromatic heterocycles. The molecule has 0 aliphatic heterocycles. The minimum atomic E-state index is -0.0891. The third-order valence-corrected chi connectivity index (χ3v) is 2.06. The van der Waals surface area contributed by atoms with E-state index in [0.717, 1.165) is 18.4 Å². The molecule has 0 saturated heterocycles. The SMILES string of the molecule is CCC(N)Cc1ccc(O)c(O)c1.Cl. The monoisotopic (exact) mass is 217 g/mol.